The summed E-state index contributed by atoms with van der Waals surface area (Å²) in [6, 6.07) is 8.00. The zero-order chi connectivity index (χ0) is 19.7. The Kier molecular flexibility index (Phi) is 5.07. The highest BCUT2D eigenvalue weighted by Crippen LogP contribution is 2.35. The van der Waals surface area contributed by atoms with Gasteiger partial charge in [0.25, 0.3) is 11.6 Å². The number of phenols is 1. The molecular weight excluding hydrogens is 395 g/mol. The van der Waals surface area contributed by atoms with E-state index in [1.807, 2.05) is 6.92 Å². The molecule has 7 nitrogen and oxygen atoms in total. The standard InChI is InChI=1S/C18H12Cl2N2O5/c1-9-4-17(27-8-9)11-7-16(23)12(6-13(11)19)18(24)21-15-3-2-10(22(25)26)5-14(15)20/h2-8,23H,1H3,(H,21,24). The van der Waals surface area contributed by atoms with Crippen LogP contribution in [0.25, 0.3) is 11.3 Å². The van der Waals surface area contributed by atoms with E-state index in [9.17, 15) is 20.0 Å². The summed E-state index contributed by atoms with van der Waals surface area (Å²) in [4.78, 5) is 22.6. The molecule has 1 heterocycles. The number of carbonyl (C=O) groups is 1. The van der Waals surface area contributed by atoms with Gasteiger partial charge in [-0.2, -0.15) is 0 Å². The SMILES string of the molecule is Cc1coc(-c2cc(O)c(C(=O)Nc3ccc([N+](=O)[O-])cc3Cl)cc2Cl)c1. The number of nitrogens with zero attached hydrogens (tertiary/aromatic N) is 1. The number of furan rings is 1. The first-order chi connectivity index (χ1) is 12.8. The molecule has 0 aliphatic rings. The van der Waals surface area contributed by atoms with Crippen molar-refractivity contribution in [1.29, 1.82) is 0 Å². The lowest BCUT2D eigenvalue weighted by Crippen LogP contribution is -2.12. The third-order valence-electron chi connectivity index (χ3n) is 3.74. The maximum absolute atomic E-state index is 12.5. The van der Waals surface area contributed by atoms with Crippen LogP contribution in [0.2, 0.25) is 10.0 Å². The molecule has 9 heteroatoms. The fourth-order valence-electron chi connectivity index (χ4n) is 2.41. The third-order valence-corrected chi connectivity index (χ3v) is 4.36. The molecule has 3 rings (SSSR count). The van der Waals surface area contributed by atoms with Gasteiger partial charge < -0.3 is 14.8 Å². The molecule has 1 amide bonds. The van der Waals surface area contributed by atoms with Crippen LogP contribution in [0.3, 0.4) is 0 Å². The van der Waals surface area contributed by atoms with Gasteiger partial charge in [-0.1, -0.05) is 23.2 Å². The van der Waals surface area contributed by atoms with E-state index in [-0.39, 0.29) is 32.7 Å². The summed E-state index contributed by atoms with van der Waals surface area (Å²) in [6.07, 6.45) is 1.54. The number of aryl methyl sites for hydroxylation is 1. The van der Waals surface area contributed by atoms with Crippen LogP contribution in [0.15, 0.2) is 47.1 Å². The number of nitrogens with one attached hydrogen (secondary N) is 1. The van der Waals surface area contributed by atoms with Gasteiger partial charge in [0, 0.05) is 17.7 Å². The number of rotatable bonds is 4. The number of carbonyl (C=O) groups excluding carboxylic acids is 1. The Morgan fingerprint density at radius 2 is 1.93 bits per heavy atom. The molecule has 0 fully saturated rings. The second-order valence-corrected chi connectivity index (χ2v) is 6.53. The molecule has 0 saturated heterocycles. The number of nitro benzene ring substituents is 1. The molecule has 27 heavy (non-hydrogen) atoms. The van der Waals surface area contributed by atoms with Crippen molar-refractivity contribution in [3.8, 4) is 17.1 Å². The maximum Gasteiger partial charge on any atom is 0.271 e. The third kappa shape index (κ3) is 3.89. The average molecular weight is 407 g/mol. The molecule has 0 aliphatic heterocycles. The number of hydrogen-bond donors (Lipinski definition) is 2. The van der Waals surface area contributed by atoms with Crippen LogP contribution in [-0.4, -0.2) is 15.9 Å². The van der Waals surface area contributed by atoms with Crippen molar-refractivity contribution < 1.29 is 19.2 Å². The maximum atomic E-state index is 12.5. The molecule has 2 aromatic carbocycles. The predicted octanol–water partition coefficient (Wildman–Crippen LogP) is 5.43. The molecule has 1 aromatic heterocycles. The summed E-state index contributed by atoms with van der Waals surface area (Å²) in [7, 11) is 0. The molecule has 0 unspecified atom stereocenters. The zero-order valence-electron chi connectivity index (χ0n) is 13.8. The number of aromatic hydroxyl groups is 1. The lowest BCUT2D eigenvalue weighted by Gasteiger charge is -2.10. The lowest BCUT2D eigenvalue weighted by atomic mass is 10.1. The van der Waals surface area contributed by atoms with Crippen molar-refractivity contribution >= 4 is 40.5 Å². The van der Waals surface area contributed by atoms with E-state index in [1.165, 1.54) is 24.3 Å². The topological polar surface area (TPSA) is 106 Å². The Hall–Kier alpha value is -3.03. The quantitative estimate of drug-likeness (QED) is 0.443. The normalized spacial score (nSPS) is 10.6. The molecule has 0 aliphatic carbocycles. The first-order valence-electron chi connectivity index (χ1n) is 7.59. The number of halogens is 2. The van der Waals surface area contributed by atoms with E-state index >= 15 is 0 Å². The van der Waals surface area contributed by atoms with Crippen molar-refractivity contribution in [2.24, 2.45) is 0 Å². The lowest BCUT2D eigenvalue weighted by molar-refractivity contribution is -0.384. The van der Waals surface area contributed by atoms with Gasteiger partial charge in [-0.3, -0.25) is 14.9 Å². The molecule has 3 aromatic rings. The summed E-state index contributed by atoms with van der Waals surface area (Å²) in [5, 5.41) is 23.7. The smallest absolute Gasteiger partial charge is 0.271 e. The van der Waals surface area contributed by atoms with Gasteiger partial charge in [0.15, 0.2) is 0 Å². The molecular formula is C18H12Cl2N2O5. The zero-order valence-corrected chi connectivity index (χ0v) is 15.3. The second kappa shape index (κ2) is 7.30. The van der Waals surface area contributed by atoms with Gasteiger partial charge in [0.2, 0.25) is 0 Å². The van der Waals surface area contributed by atoms with Gasteiger partial charge in [-0.05, 0) is 36.8 Å². The Balaban J connectivity index is 1.89. The minimum atomic E-state index is -0.674. The summed E-state index contributed by atoms with van der Waals surface area (Å²) < 4.78 is 5.36. The number of nitro groups is 1. The monoisotopic (exact) mass is 406 g/mol. The number of non-ortho nitro benzene ring substituents is 1. The first kappa shape index (κ1) is 18.8. The number of anilines is 1. The van der Waals surface area contributed by atoms with Gasteiger partial charge in [-0.25, -0.2) is 0 Å². The summed E-state index contributed by atoms with van der Waals surface area (Å²) >= 11 is 12.2. The Labute approximate surface area is 163 Å². The molecule has 0 spiro atoms. The fraction of sp³-hybridized carbons (Fsp3) is 0.0556. The molecule has 138 valence electrons. The van der Waals surface area contributed by atoms with Gasteiger partial charge in [0.05, 0.1) is 32.5 Å². The number of phenolic OH excluding ortho intramolecular Hbond substituents is 1. The van der Waals surface area contributed by atoms with Crippen molar-refractivity contribution in [1.82, 2.24) is 0 Å². The largest absolute Gasteiger partial charge is 0.507 e. The Bertz CT molecular complexity index is 1060. The van der Waals surface area contributed by atoms with Crippen molar-refractivity contribution in [3.63, 3.8) is 0 Å². The van der Waals surface area contributed by atoms with Crippen LogP contribution in [0.4, 0.5) is 11.4 Å². The molecule has 0 radical (unpaired) electrons. The van der Waals surface area contributed by atoms with Crippen molar-refractivity contribution in [2.45, 2.75) is 6.92 Å². The predicted molar refractivity (Wildman–Crippen MR) is 102 cm³/mol. The van der Waals surface area contributed by atoms with E-state index < -0.39 is 10.8 Å². The van der Waals surface area contributed by atoms with Crippen molar-refractivity contribution in [2.75, 3.05) is 5.32 Å². The van der Waals surface area contributed by atoms with E-state index in [0.717, 1.165) is 11.6 Å². The van der Waals surface area contributed by atoms with Gasteiger partial charge >= 0.3 is 0 Å². The molecule has 0 bridgehead atoms. The summed E-state index contributed by atoms with van der Waals surface area (Å²) in [5.41, 5.74) is 1.19. The van der Waals surface area contributed by atoms with E-state index in [4.69, 9.17) is 27.6 Å². The highest BCUT2D eigenvalue weighted by molar-refractivity contribution is 6.35. The average Bonchev–Trinajstić information content (AvgIpc) is 3.04. The highest BCUT2D eigenvalue weighted by Gasteiger charge is 2.19. The summed E-state index contributed by atoms with van der Waals surface area (Å²) in [6.45, 7) is 1.84. The number of hydrogen-bond acceptors (Lipinski definition) is 5. The van der Waals surface area contributed by atoms with Crippen LogP contribution in [0, 0.1) is 17.0 Å². The minimum absolute atomic E-state index is 0.00850. The Morgan fingerprint density at radius 1 is 1.19 bits per heavy atom. The number of benzene rings is 2. The summed E-state index contributed by atoms with van der Waals surface area (Å²) in [5.74, 6) is -0.524. The van der Waals surface area contributed by atoms with Crippen LogP contribution in [0.5, 0.6) is 5.75 Å². The number of amides is 1. The van der Waals surface area contributed by atoms with E-state index in [0.29, 0.717) is 11.3 Å². The van der Waals surface area contributed by atoms with E-state index in [2.05, 4.69) is 5.32 Å². The van der Waals surface area contributed by atoms with Crippen LogP contribution < -0.4 is 5.32 Å². The molecule has 0 saturated carbocycles. The van der Waals surface area contributed by atoms with Crippen molar-refractivity contribution in [3.05, 3.63) is 73.9 Å². The van der Waals surface area contributed by atoms with E-state index in [1.54, 1.807) is 12.3 Å². The first-order valence-corrected chi connectivity index (χ1v) is 8.35. The Morgan fingerprint density at radius 3 is 2.52 bits per heavy atom. The molecule has 2 N–H and O–H groups in total. The van der Waals surface area contributed by atoms with Gasteiger partial charge in [-0.15, -0.1) is 0 Å². The molecule has 0 atom stereocenters. The van der Waals surface area contributed by atoms with Crippen LogP contribution in [-0.2, 0) is 0 Å². The van der Waals surface area contributed by atoms with Gasteiger partial charge in [0.1, 0.15) is 11.5 Å². The van der Waals surface area contributed by atoms with Crippen LogP contribution in [0.1, 0.15) is 15.9 Å². The fourth-order valence-corrected chi connectivity index (χ4v) is 2.89. The van der Waals surface area contributed by atoms with Crippen LogP contribution >= 0.6 is 23.2 Å². The second-order valence-electron chi connectivity index (χ2n) is 5.71. The highest BCUT2D eigenvalue weighted by atomic mass is 35.5. The minimum Gasteiger partial charge on any atom is -0.507 e.